The Kier molecular flexibility index (Phi) is 4.90. The van der Waals surface area contributed by atoms with E-state index in [1.54, 1.807) is 19.2 Å². The SMILES string of the molecule is CNC(=O)c1cccc(NC(=O)C2CC3CCCC(C2)C3N)c1C. The predicted molar refractivity (Wildman–Crippen MR) is 94.7 cm³/mol. The maximum Gasteiger partial charge on any atom is 0.251 e. The van der Waals surface area contributed by atoms with Crippen LogP contribution in [0, 0.1) is 24.7 Å². The van der Waals surface area contributed by atoms with E-state index in [1.807, 2.05) is 13.0 Å². The number of anilines is 1. The lowest BCUT2D eigenvalue weighted by Crippen LogP contribution is -2.48. The number of carbonyl (C=O) groups excluding carboxylic acids is 2. The fourth-order valence-electron chi connectivity index (χ4n) is 4.39. The van der Waals surface area contributed by atoms with Crippen molar-refractivity contribution < 1.29 is 9.59 Å². The molecular formula is C19H27N3O2. The van der Waals surface area contributed by atoms with Crippen LogP contribution in [0.3, 0.4) is 0 Å². The summed E-state index contributed by atoms with van der Waals surface area (Å²) in [4.78, 5) is 24.7. The highest BCUT2D eigenvalue weighted by atomic mass is 16.2. The molecule has 0 heterocycles. The van der Waals surface area contributed by atoms with Crippen LogP contribution in [0.1, 0.15) is 48.0 Å². The van der Waals surface area contributed by atoms with Gasteiger partial charge in [-0.3, -0.25) is 9.59 Å². The van der Waals surface area contributed by atoms with Gasteiger partial charge in [0.25, 0.3) is 5.91 Å². The van der Waals surface area contributed by atoms with E-state index in [1.165, 1.54) is 6.42 Å². The zero-order chi connectivity index (χ0) is 17.3. The van der Waals surface area contributed by atoms with Gasteiger partial charge in [-0.05, 0) is 62.1 Å². The lowest BCUT2D eigenvalue weighted by atomic mass is 9.65. The average molecular weight is 329 g/mol. The Labute approximate surface area is 143 Å². The second kappa shape index (κ2) is 6.93. The minimum atomic E-state index is -0.137. The zero-order valence-corrected chi connectivity index (χ0v) is 14.5. The number of fused-ring (bicyclic) bond motifs is 2. The molecule has 24 heavy (non-hydrogen) atoms. The third kappa shape index (κ3) is 3.18. The van der Waals surface area contributed by atoms with Crippen molar-refractivity contribution in [2.24, 2.45) is 23.5 Å². The van der Waals surface area contributed by atoms with E-state index in [2.05, 4.69) is 10.6 Å². The molecule has 2 bridgehead atoms. The Morgan fingerprint density at radius 3 is 2.46 bits per heavy atom. The van der Waals surface area contributed by atoms with E-state index in [0.717, 1.165) is 36.9 Å². The summed E-state index contributed by atoms with van der Waals surface area (Å²) in [5, 5.41) is 5.68. The standard InChI is InChI=1S/C19H27N3O2/c1-11-15(19(24)21-2)7-4-8-16(11)22-18(23)14-9-12-5-3-6-13(10-14)17(12)20/h4,7-8,12-14,17H,3,5-6,9-10,20H2,1-2H3,(H,21,24)(H,22,23). The highest BCUT2D eigenvalue weighted by molar-refractivity contribution is 5.99. The van der Waals surface area contributed by atoms with Crippen LogP contribution in [0.2, 0.25) is 0 Å². The highest BCUT2D eigenvalue weighted by Gasteiger charge is 2.40. The molecule has 0 aliphatic heterocycles. The van der Waals surface area contributed by atoms with E-state index in [0.29, 0.717) is 17.4 Å². The van der Waals surface area contributed by atoms with E-state index in [4.69, 9.17) is 5.73 Å². The van der Waals surface area contributed by atoms with Gasteiger partial charge in [0.2, 0.25) is 5.91 Å². The Morgan fingerprint density at radius 1 is 1.17 bits per heavy atom. The first kappa shape index (κ1) is 17.0. The zero-order valence-electron chi connectivity index (χ0n) is 14.5. The molecule has 2 aliphatic carbocycles. The largest absolute Gasteiger partial charge is 0.355 e. The molecule has 2 amide bonds. The highest BCUT2D eigenvalue weighted by Crippen LogP contribution is 2.42. The predicted octanol–water partition coefficient (Wildman–Crippen LogP) is 2.45. The number of nitrogens with one attached hydrogen (secondary N) is 2. The van der Waals surface area contributed by atoms with Gasteiger partial charge in [-0.2, -0.15) is 0 Å². The Morgan fingerprint density at radius 2 is 1.83 bits per heavy atom. The molecular weight excluding hydrogens is 302 g/mol. The fraction of sp³-hybridized carbons (Fsp3) is 0.579. The van der Waals surface area contributed by atoms with E-state index in [-0.39, 0.29) is 23.8 Å². The van der Waals surface area contributed by atoms with Crippen LogP contribution in [0.5, 0.6) is 0 Å². The van der Waals surface area contributed by atoms with Crippen LogP contribution in [-0.2, 0) is 4.79 Å². The molecule has 1 aromatic carbocycles. The molecule has 2 atom stereocenters. The lowest BCUT2D eigenvalue weighted by Gasteiger charge is -2.43. The molecule has 5 nitrogen and oxygen atoms in total. The Hall–Kier alpha value is -1.88. The minimum Gasteiger partial charge on any atom is -0.355 e. The van der Waals surface area contributed by atoms with Crippen LogP contribution >= 0.6 is 0 Å². The van der Waals surface area contributed by atoms with Gasteiger partial charge in [0.1, 0.15) is 0 Å². The van der Waals surface area contributed by atoms with E-state index < -0.39 is 0 Å². The van der Waals surface area contributed by atoms with Crippen LogP contribution in [0.25, 0.3) is 0 Å². The number of benzene rings is 1. The molecule has 3 rings (SSSR count). The molecule has 130 valence electrons. The van der Waals surface area contributed by atoms with Crippen molar-refractivity contribution in [2.75, 3.05) is 12.4 Å². The third-order valence-electron chi connectivity index (χ3n) is 5.85. The average Bonchev–Trinajstić information content (AvgIpc) is 2.55. The second-order valence-corrected chi connectivity index (χ2v) is 7.24. The van der Waals surface area contributed by atoms with Crippen molar-refractivity contribution >= 4 is 17.5 Å². The van der Waals surface area contributed by atoms with Crippen molar-refractivity contribution in [3.8, 4) is 0 Å². The smallest absolute Gasteiger partial charge is 0.251 e. The minimum absolute atomic E-state index is 0.0307. The number of rotatable bonds is 3. The Balaban J connectivity index is 1.73. The normalized spacial score (nSPS) is 29.0. The summed E-state index contributed by atoms with van der Waals surface area (Å²) < 4.78 is 0. The molecule has 2 saturated carbocycles. The maximum atomic E-state index is 12.8. The molecule has 0 spiro atoms. The van der Waals surface area contributed by atoms with Gasteiger partial charge in [0.05, 0.1) is 0 Å². The topological polar surface area (TPSA) is 84.2 Å². The van der Waals surface area contributed by atoms with Crippen LogP contribution in [0.4, 0.5) is 5.69 Å². The summed E-state index contributed by atoms with van der Waals surface area (Å²) in [7, 11) is 1.61. The molecule has 2 fully saturated rings. The van der Waals surface area contributed by atoms with E-state index in [9.17, 15) is 9.59 Å². The van der Waals surface area contributed by atoms with Gasteiger partial charge in [0, 0.05) is 30.3 Å². The summed E-state index contributed by atoms with van der Waals surface area (Å²) in [6.45, 7) is 1.87. The van der Waals surface area contributed by atoms with Crippen molar-refractivity contribution in [3.05, 3.63) is 29.3 Å². The van der Waals surface area contributed by atoms with Gasteiger partial charge in [-0.25, -0.2) is 0 Å². The summed E-state index contributed by atoms with van der Waals surface area (Å²) >= 11 is 0. The second-order valence-electron chi connectivity index (χ2n) is 7.24. The van der Waals surface area contributed by atoms with Crippen molar-refractivity contribution in [2.45, 2.75) is 45.1 Å². The quantitative estimate of drug-likeness (QED) is 0.796. The summed E-state index contributed by atoms with van der Waals surface area (Å²) in [5.74, 6) is 0.916. The van der Waals surface area contributed by atoms with Gasteiger partial charge in [0.15, 0.2) is 0 Å². The molecule has 1 aromatic rings. The lowest BCUT2D eigenvalue weighted by molar-refractivity contribution is -0.122. The van der Waals surface area contributed by atoms with Crippen molar-refractivity contribution in [1.29, 1.82) is 0 Å². The number of hydrogen-bond donors (Lipinski definition) is 3. The van der Waals surface area contributed by atoms with Crippen LogP contribution in [-0.4, -0.2) is 24.9 Å². The fourth-order valence-corrected chi connectivity index (χ4v) is 4.39. The van der Waals surface area contributed by atoms with Crippen molar-refractivity contribution in [1.82, 2.24) is 5.32 Å². The van der Waals surface area contributed by atoms with Gasteiger partial charge < -0.3 is 16.4 Å². The molecule has 0 radical (unpaired) electrons. The first-order valence-corrected chi connectivity index (χ1v) is 8.89. The molecule has 4 N–H and O–H groups in total. The number of amides is 2. The van der Waals surface area contributed by atoms with Crippen LogP contribution in [0.15, 0.2) is 18.2 Å². The number of hydrogen-bond acceptors (Lipinski definition) is 3. The van der Waals surface area contributed by atoms with Gasteiger partial charge in [-0.15, -0.1) is 0 Å². The monoisotopic (exact) mass is 329 g/mol. The molecule has 2 aliphatic rings. The Bertz CT molecular complexity index is 629. The molecule has 5 heteroatoms. The third-order valence-corrected chi connectivity index (χ3v) is 5.85. The van der Waals surface area contributed by atoms with Crippen molar-refractivity contribution in [3.63, 3.8) is 0 Å². The van der Waals surface area contributed by atoms with Crippen LogP contribution < -0.4 is 16.4 Å². The summed E-state index contributed by atoms with van der Waals surface area (Å²) in [6.07, 6.45) is 5.30. The van der Waals surface area contributed by atoms with Gasteiger partial charge >= 0.3 is 0 Å². The maximum absolute atomic E-state index is 12.8. The van der Waals surface area contributed by atoms with E-state index >= 15 is 0 Å². The summed E-state index contributed by atoms with van der Waals surface area (Å²) in [5.41, 5.74) is 8.44. The first-order chi connectivity index (χ1) is 11.5. The molecule has 0 saturated heterocycles. The number of nitrogens with two attached hydrogens (primary N) is 1. The molecule has 0 aromatic heterocycles. The number of carbonyl (C=O) groups is 2. The summed E-state index contributed by atoms with van der Waals surface area (Å²) in [6, 6.07) is 5.70. The molecule has 2 unspecified atom stereocenters. The first-order valence-electron chi connectivity index (χ1n) is 8.89. The van der Waals surface area contributed by atoms with Gasteiger partial charge in [-0.1, -0.05) is 12.5 Å².